The fourth-order valence-electron chi connectivity index (χ4n) is 2.38. The molecule has 1 N–H and O–H groups in total. The predicted octanol–water partition coefficient (Wildman–Crippen LogP) is 0.914. The van der Waals surface area contributed by atoms with Crippen LogP contribution in [-0.4, -0.2) is 72.7 Å². The number of hydrogen-bond donors (Lipinski definition) is 1. The van der Waals surface area contributed by atoms with E-state index in [1.165, 1.54) is 0 Å². The van der Waals surface area contributed by atoms with Crippen molar-refractivity contribution in [2.75, 3.05) is 45.9 Å². The first-order valence-corrected chi connectivity index (χ1v) is 7.73. The van der Waals surface area contributed by atoms with Crippen LogP contribution in [0.3, 0.4) is 0 Å². The van der Waals surface area contributed by atoms with Gasteiger partial charge in [0.2, 0.25) is 5.91 Å². The van der Waals surface area contributed by atoms with Gasteiger partial charge in [-0.05, 0) is 6.42 Å². The molecule has 1 amide bonds. The van der Waals surface area contributed by atoms with Gasteiger partial charge in [-0.15, -0.1) is 0 Å². The van der Waals surface area contributed by atoms with Crippen molar-refractivity contribution < 1.29 is 19.4 Å². The average molecular weight is 300 g/mol. The molecule has 0 aliphatic carbocycles. The molecule has 0 spiro atoms. The maximum Gasteiger partial charge on any atom is 0.308 e. The van der Waals surface area contributed by atoms with Crippen LogP contribution in [-0.2, 0) is 14.3 Å². The monoisotopic (exact) mass is 300 g/mol. The normalized spacial score (nSPS) is 17.7. The number of rotatable bonds is 8. The zero-order chi connectivity index (χ0) is 15.8. The van der Waals surface area contributed by atoms with Gasteiger partial charge in [0.25, 0.3) is 0 Å². The lowest BCUT2D eigenvalue weighted by atomic mass is 10.1. The molecular weight excluding hydrogens is 272 g/mol. The Hall–Kier alpha value is -1.14. The Balaban J connectivity index is 2.44. The van der Waals surface area contributed by atoms with Crippen LogP contribution in [0.5, 0.6) is 0 Å². The van der Waals surface area contributed by atoms with Crippen LogP contribution in [0.15, 0.2) is 0 Å². The van der Waals surface area contributed by atoms with Crippen LogP contribution in [0, 0.1) is 11.8 Å². The van der Waals surface area contributed by atoms with Gasteiger partial charge in [0, 0.05) is 38.6 Å². The third kappa shape index (κ3) is 6.44. The third-order valence-electron chi connectivity index (χ3n) is 3.73. The molecule has 6 nitrogen and oxygen atoms in total. The van der Waals surface area contributed by atoms with E-state index in [1.54, 1.807) is 11.8 Å². The van der Waals surface area contributed by atoms with Gasteiger partial charge in [-0.2, -0.15) is 0 Å². The van der Waals surface area contributed by atoms with Crippen LogP contribution in [0.2, 0.25) is 0 Å². The zero-order valence-corrected chi connectivity index (χ0v) is 13.4. The number of carboxylic acid groups (broad SMARTS) is 1. The summed E-state index contributed by atoms with van der Waals surface area (Å²) in [5, 5.41) is 9.02. The highest BCUT2D eigenvalue weighted by Crippen LogP contribution is 2.08. The molecule has 1 aliphatic rings. The molecule has 0 saturated carbocycles. The van der Waals surface area contributed by atoms with E-state index in [9.17, 15) is 9.59 Å². The second kappa shape index (κ2) is 9.00. The fraction of sp³-hybridized carbons (Fsp3) is 0.867. The Kier molecular flexibility index (Phi) is 7.67. The highest BCUT2D eigenvalue weighted by molar-refractivity contribution is 5.79. The highest BCUT2D eigenvalue weighted by Gasteiger charge is 2.22. The Morgan fingerprint density at radius 1 is 1.24 bits per heavy atom. The van der Waals surface area contributed by atoms with Crippen LogP contribution < -0.4 is 0 Å². The van der Waals surface area contributed by atoms with E-state index in [0.717, 1.165) is 39.3 Å². The first-order valence-electron chi connectivity index (χ1n) is 7.73. The molecule has 1 atom stereocenters. The van der Waals surface area contributed by atoms with Crippen molar-refractivity contribution >= 4 is 11.9 Å². The minimum absolute atomic E-state index is 0.0325. The Morgan fingerprint density at radius 2 is 1.86 bits per heavy atom. The first kappa shape index (κ1) is 17.9. The van der Waals surface area contributed by atoms with E-state index >= 15 is 0 Å². The van der Waals surface area contributed by atoms with Crippen LogP contribution in [0.1, 0.15) is 27.2 Å². The number of hydrogen-bond acceptors (Lipinski definition) is 4. The van der Waals surface area contributed by atoms with Gasteiger partial charge in [-0.25, -0.2) is 0 Å². The molecule has 1 aliphatic heterocycles. The molecule has 0 radical (unpaired) electrons. The number of amides is 1. The summed E-state index contributed by atoms with van der Waals surface area (Å²) in [7, 11) is 0. The van der Waals surface area contributed by atoms with E-state index in [-0.39, 0.29) is 18.4 Å². The zero-order valence-electron chi connectivity index (χ0n) is 13.4. The van der Waals surface area contributed by atoms with E-state index in [4.69, 9.17) is 9.84 Å². The average Bonchev–Trinajstić information content (AvgIpc) is 2.46. The maximum absolute atomic E-state index is 12.2. The minimum atomic E-state index is -0.857. The van der Waals surface area contributed by atoms with Crippen molar-refractivity contribution in [3.63, 3.8) is 0 Å². The summed E-state index contributed by atoms with van der Waals surface area (Å²) < 4.78 is 5.30. The third-order valence-corrected chi connectivity index (χ3v) is 3.73. The molecule has 0 aromatic carbocycles. The fourth-order valence-corrected chi connectivity index (χ4v) is 2.38. The maximum atomic E-state index is 12.2. The molecule has 122 valence electrons. The summed E-state index contributed by atoms with van der Waals surface area (Å²) in [6.45, 7) is 10.6. The summed E-state index contributed by atoms with van der Waals surface area (Å²) in [4.78, 5) is 27.2. The summed E-state index contributed by atoms with van der Waals surface area (Å²) in [5.74, 6) is -1.46. The Bertz CT molecular complexity index is 341. The van der Waals surface area contributed by atoms with Crippen LogP contribution >= 0.6 is 0 Å². The van der Waals surface area contributed by atoms with Crippen molar-refractivity contribution in [1.82, 2.24) is 9.80 Å². The van der Waals surface area contributed by atoms with Gasteiger partial charge in [-0.1, -0.05) is 20.8 Å². The SMILES string of the molecule is CC(C)C(=O)N(CCCN1CCOCC1)CC(C)C(=O)O. The van der Waals surface area contributed by atoms with E-state index < -0.39 is 11.9 Å². The van der Waals surface area contributed by atoms with Crippen LogP contribution in [0.25, 0.3) is 0 Å². The molecule has 0 bridgehead atoms. The summed E-state index contributed by atoms with van der Waals surface area (Å²) in [6.07, 6.45) is 0.866. The summed E-state index contributed by atoms with van der Waals surface area (Å²) in [5.41, 5.74) is 0. The number of ether oxygens (including phenoxy) is 1. The number of carbonyl (C=O) groups is 2. The van der Waals surface area contributed by atoms with Gasteiger partial charge < -0.3 is 14.7 Å². The standard InChI is InChI=1S/C15H28N2O4/c1-12(2)14(18)17(11-13(3)15(19)20)6-4-5-16-7-9-21-10-8-16/h12-13H,4-11H2,1-3H3,(H,19,20). The van der Waals surface area contributed by atoms with Gasteiger partial charge in [0.15, 0.2) is 0 Å². The largest absolute Gasteiger partial charge is 0.481 e. The van der Waals surface area contributed by atoms with Crippen molar-refractivity contribution in [1.29, 1.82) is 0 Å². The highest BCUT2D eigenvalue weighted by atomic mass is 16.5. The first-order chi connectivity index (χ1) is 9.91. The van der Waals surface area contributed by atoms with Crippen molar-refractivity contribution in [3.8, 4) is 0 Å². The molecule has 21 heavy (non-hydrogen) atoms. The molecule has 6 heteroatoms. The molecule has 1 saturated heterocycles. The van der Waals surface area contributed by atoms with Crippen molar-refractivity contribution in [3.05, 3.63) is 0 Å². The number of morpholine rings is 1. The molecule has 1 heterocycles. The lowest BCUT2D eigenvalue weighted by molar-refractivity contribution is -0.143. The Morgan fingerprint density at radius 3 is 2.38 bits per heavy atom. The van der Waals surface area contributed by atoms with E-state index in [2.05, 4.69) is 4.90 Å². The van der Waals surface area contributed by atoms with Crippen molar-refractivity contribution in [2.24, 2.45) is 11.8 Å². The Labute approximate surface area is 127 Å². The molecule has 1 unspecified atom stereocenters. The molecule has 1 fully saturated rings. The molecular formula is C15H28N2O4. The van der Waals surface area contributed by atoms with Gasteiger partial charge in [0.1, 0.15) is 0 Å². The van der Waals surface area contributed by atoms with Crippen molar-refractivity contribution in [2.45, 2.75) is 27.2 Å². The van der Waals surface area contributed by atoms with E-state index in [0.29, 0.717) is 6.54 Å². The van der Waals surface area contributed by atoms with Gasteiger partial charge in [0.05, 0.1) is 19.1 Å². The minimum Gasteiger partial charge on any atom is -0.481 e. The number of nitrogens with zero attached hydrogens (tertiary/aromatic N) is 2. The number of carboxylic acids is 1. The van der Waals surface area contributed by atoms with Gasteiger partial charge >= 0.3 is 5.97 Å². The molecule has 0 aromatic rings. The summed E-state index contributed by atoms with van der Waals surface area (Å²) >= 11 is 0. The molecule has 1 rings (SSSR count). The van der Waals surface area contributed by atoms with Gasteiger partial charge in [-0.3, -0.25) is 14.5 Å². The second-order valence-corrected chi connectivity index (χ2v) is 5.99. The van der Waals surface area contributed by atoms with Crippen LogP contribution in [0.4, 0.5) is 0 Å². The lowest BCUT2D eigenvalue weighted by Gasteiger charge is -2.29. The van der Waals surface area contributed by atoms with E-state index in [1.807, 2.05) is 13.8 Å². The smallest absolute Gasteiger partial charge is 0.308 e. The topological polar surface area (TPSA) is 70.1 Å². The predicted molar refractivity (Wildman–Crippen MR) is 80.1 cm³/mol. The number of carbonyl (C=O) groups excluding carboxylic acids is 1. The number of aliphatic carboxylic acids is 1. The molecule has 0 aromatic heterocycles. The quantitative estimate of drug-likeness (QED) is 0.721. The second-order valence-electron chi connectivity index (χ2n) is 5.99. The lowest BCUT2D eigenvalue weighted by Crippen LogP contribution is -2.42. The summed E-state index contributed by atoms with van der Waals surface area (Å²) in [6, 6.07) is 0.